The van der Waals surface area contributed by atoms with Gasteiger partial charge in [0.1, 0.15) is 25.5 Å². The molecule has 4 heterocycles. The average Bonchev–Trinajstić information content (AvgIpc) is 3.89. The number of nitro benzene ring substituents is 2. The molecule has 7 atom stereocenters. The molecule has 60 heavy (non-hydrogen) atoms. The third-order valence-electron chi connectivity index (χ3n) is 10.9. The first-order valence-electron chi connectivity index (χ1n) is 19.1. The van der Waals surface area contributed by atoms with Crippen molar-refractivity contribution in [1.82, 2.24) is 25.3 Å². The van der Waals surface area contributed by atoms with E-state index >= 15 is 0 Å². The zero-order valence-corrected chi connectivity index (χ0v) is 33.7. The number of carbonyl (C=O) groups is 5. The smallest absolute Gasteiger partial charge is 0.414 e. The van der Waals surface area contributed by atoms with E-state index in [1.807, 2.05) is 18.9 Å². The number of ether oxygens (including phenoxy) is 2. The lowest BCUT2D eigenvalue weighted by molar-refractivity contribution is -0.385. The number of esters is 1. The molecule has 4 amide bonds. The second-order valence-electron chi connectivity index (χ2n) is 15.1. The molecule has 3 saturated heterocycles. The molecule has 0 unspecified atom stereocenters. The van der Waals surface area contributed by atoms with Crippen LogP contribution in [0.3, 0.4) is 0 Å². The number of carbonyl (C=O) groups excluding carboxylic acids is 5. The summed E-state index contributed by atoms with van der Waals surface area (Å²) in [6.07, 6.45) is -0.912. The van der Waals surface area contributed by atoms with Crippen LogP contribution in [0.2, 0.25) is 0 Å². The van der Waals surface area contributed by atoms with Gasteiger partial charge in [-0.2, -0.15) is 0 Å². The summed E-state index contributed by atoms with van der Waals surface area (Å²) in [5.74, 6) is -3.03. The fourth-order valence-corrected chi connectivity index (χ4v) is 9.46. The van der Waals surface area contributed by atoms with E-state index in [1.165, 1.54) is 65.2 Å². The fraction of sp³-hybridized carbons (Fsp3) is 0.474. The lowest BCUT2D eigenvalue weighted by Gasteiger charge is -2.46. The summed E-state index contributed by atoms with van der Waals surface area (Å²) in [7, 11) is 1.84. The molecule has 4 aliphatic rings. The Kier molecular flexibility index (Phi) is 13.3. The second-order valence-corrected chi connectivity index (χ2v) is 16.4. The van der Waals surface area contributed by atoms with Gasteiger partial charge >= 0.3 is 12.1 Å². The SMILES string of the molecule is C[C@@H](O)[C@H]1C(=O)N2C(C(=O)OCc3ccc([N+](=O)[O-])cc3)=C(S[C@H]3C[C@@H](C(=O)N4CC[C@H](NC(=O)CN=C(N)NC(=O)OCc5ccc([N+](=O)[O-])cc5)C4)N(C)C3)[C@H](C)[C@H]12. The minimum absolute atomic E-state index is 0.105. The van der Waals surface area contributed by atoms with Crippen LogP contribution in [0.25, 0.3) is 0 Å². The summed E-state index contributed by atoms with van der Waals surface area (Å²) in [5.41, 5.74) is 6.66. The number of benzene rings is 2. The quantitative estimate of drug-likeness (QED) is 0.0522. The first kappa shape index (κ1) is 43.4. The summed E-state index contributed by atoms with van der Waals surface area (Å²) < 4.78 is 10.7. The molecule has 4 aliphatic heterocycles. The highest BCUT2D eigenvalue weighted by molar-refractivity contribution is 8.03. The third kappa shape index (κ3) is 9.66. The van der Waals surface area contributed by atoms with Crippen molar-refractivity contribution in [2.75, 3.05) is 33.2 Å². The van der Waals surface area contributed by atoms with Crippen molar-refractivity contribution in [2.24, 2.45) is 22.6 Å². The number of amides is 4. The van der Waals surface area contributed by atoms with E-state index in [9.17, 15) is 49.3 Å². The zero-order valence-electron chi connectivity index (χ0n) is 32.9. The molecular formula is C38H45N9O12S. The molecule has 0 radical (unpaired) electrons. The van der Waals surface area contributed by atoms with Crippen LogP contribution in [-0.2, 0) is 41.9 Å². The van der Waals surface area contributed by atoms with E-state index in [4.69, 9.17) is 15.2 Å². The number of non-ortho nitro benzene ring substituents is 2. The number of nitrogens with zero attached hydrogens (tertiary/aromatic N) is 6. The van der Waals surface area contributed by atoms with Gasteiger partial charge in [0, 0.05) is 66.0 Å². The van der Waals surface area contributed by atoms with Gasteiger partial charge in [-0.25, -0.2) is 14.6 Å². The van der Waals surface area contributed by atoms with Crippen molar-refractivity contribution in [3.63, 3.8) is 0 Å². The lowest BCUT2D eigenvalue weighted by Crippen LogP contribution is -2.63. The van der Waals surface area contributed by atoms with Gasteiger partial charge in [-0.05, 0) is 62.2 Å². The van der Waals surface area contributed by atoms with Crippen LogP contribution in [0.1, 0.15) is 37.8 Å². The maximum Gasteiger partial charge on any atom is 0.414 e. The molecule has 2 aromatic carbocycles. The number of hydrogen-bond donors (Lipinski definition) is 4. The average molecular weight is 852 g/mol. The molecule has 0 saturated carbocycles. The number of aliphatic hydroxyl groups excluding tert-OH is 1. The summed E-state index contributed by atoms with van der Waals surface area (Å²) in [6.45, 7) is 3.87. The fourth-order valence-electron chi connectivity index (χ4n) is 7.87. The number of hydrogen-bond acceptors (Lipinski definition) is 15. The number of β-lactam (4-membered cyclic amide) rings is 1. The highest BCUT2D eigenvalue weighted by Crippen LogP contribution is 2.52. The predicted molar refractivity (Wildman–Crippen MR) is 213 cm³/mol. The van der Waals surface area contributed by atoms with E-state index < -0.39 is 58.5 Å². The van der Waals surface area contributed by atoms with Crippen molar-refractivity contribution in [1.29, 1.82) is 0 Å². The number of rotatable bonds is 14. The minimum Gasteiger partial charge on any atom is -0.456 e. The maximum atomic E-state index is 13.8. The number of alkyl carbamates (subject to hydrolysis) is 1. The first-order chi connectivity index (χ1) is 28.5. The van der Waals surface area contributed by atoms with E-state index in [-0.39, 0.29) is 71.8 Å². The van der Waals surface area contributed by atoms with Gasteiger partial charge in [-0.1, -0.05) is 6.92 Å². The molecular weight excluding hydrogens is 807 g/mol. The maximum absolute atomic E-state index is 13.8. The standard InChI is InChI=1S/C38H45N9O12S/c1-20-31-30(21(2)48)35(51)45(31)32(36(52)58-18-22-4-8-25(9-5-22)46(54)55)33(20)60-27-14-28(43(3)17-27)34(50)44-13-12-24(16-44)41-29(49)15-40-37(39)42-38(53)59-19-23-6-10-26(11-7-23)47(56)57/h4-11,20-21,24,27-28,30-31,48H,12-19H2,1-3H3,(H,41,49)(H3,39,40,42,53)/t20-,21-,24+,27+,28+,30-,31-/m1/s1. The van der Waals surface area contributed by atoms with Crippen LogP contribution in [0.5, 0.6) is 0 Å². The lowest BCUT2D eigenvalue weighted by atomic mass is 9.79. The Hall–Kier alpha value is -6.13. The van der Waals surface area contributed by atoms with Gasteiger partial charge in [-0.15, -0.1) is 11.8 Å². The van der Waals surface area contributed by atoms with Crippen LogP contribution < -0.4 is 16.4 Å². The zero-order chi connectivity index (χ0) is 43.4. The first-order valence-corrected chi connectivity index (χ1v) is 20.0. The van der Waals surface area contributed by atoms with Crippen molar-refractivity contribution in [3.05, 3.63) is 90.5 Å². The molecule has 5 N–H and O–H groups in total. The molecule has 22 heteroatoms. The van der Waals surface area contributed by atoms with E-state index in [2.05, 4.69) is 15.6 Å². The van der Waals surface area contributed by atoms with Crippen molar-refractivity contribution in [3.8, 4) is 0 Å². The normalized spacial score (nSPS) is 24.4. The Morgan fingerprint density at radius 2 is 1.60 bits per heavy atom. The Morgan fingerprint density at radius 1 is 1.00 bits per heavy atom. The Bertz CT molecular complexity index is 2100. The van der Waals surface area contributed by atoms with E-state index in [1.54, 1.807) is 11.8 Å². The molecule has 0 aliphatic carbocycles. The van der Waals surface area contributed by atoms with Gasteiger partial charge in [0.05, 0.1) is 34.0 Å². The number of likely N-dealkylation sites (N-methyl/N-ethyl adjacent to an activating group) is 1. The Labute approximate surface area is 347 Å². The van der Waals surface area contributed by atoms with Gasteiger partial charge in [-0.3, -0.25) is 44.8 Å². The number of aliphatic imine (C=N–C) groups is 1. The monoisotopic (exact) mass is 851 g/mol. The molecule has 3 fully saturated rings. The van der Waals surface area contributed by atoms with Crippen LogP contribution in [0.15, 0.2) is 64.1 Å². The summed E-state index contributed by atoms with van der Waals surface area (Å²) >= 11 is 1.42. The van der Waals surface area contributed by atoms with Crippen LogP contribution in [0.4, 0.5) is 16.2 Å². The molecule has 320 valence electrons. The van der Waals surface area contributed by atoms with E-state index in [0.717, 1.165) is 0 Å². The topological polar surface area (TPSA) is 282 Å². The van der Waals surface area contributed by atoms with Crippen molar-refractivity contribution in [2.45, 2.75) is 69.4 Å². The number of nitro groups is 2. The number of nitrogens with two attached hydrogens (primary N) is 1. The largest absolute Gasteiger partial charge is 0.456 e. The molecule has 6 rings (SSSR count). The summed E-state index contributed by atoms with van der Waals surface area (Å²) in [5, 5.41) is 37.1. The summed E-state index contributed by atoms with van der Waals surface area (Å²) in [4.78, 5) is 95.8. The number of thioether (sulfide) groups is 1. The number of likely N-dealkylation sites (tertiary alicyclic amines) is 2. The van der Waals surface area contributed by atoms with Gasteiger partial charge in [0.2, 0.25) is 17.7 Å². The minimum atomic E-state index is -0.934. The highest BCUT2D eigenvalue weighted by Gasteiger charge is 2.60. The molecule has 0 spiro atoms. The number of guanidine groups is 1. The van der Waals surface area contributed by atoms with Crippen molar-refractivity contribution >= 4 is 58.9 Å². The number of aliphatic hydroxyl groups is 1. The van der Waals surface area contributed by atoms with Crippen LogP contribution in [0, 0.1) is 32.1 Å². The molecule has 2 aromatic rings. The van der Waals surface area contributed by atoms with E-state index in [0.29, 0.717) is 42.0 Å². The van der Waals surface area contributed by atoms with Crippen molar-refractivity contribution < 1.29 is 48.4 Å². The van der Waals surface area contributed by atoms with Gasteiger partial charge in [0.25, 0.3) is 11.4 Å². The Balaban J connectivity index is 0.996. The highest BCUT2D eigenvalue weighted by atomic mass is 32.2. The molecule has 0 aromatic heterocycles. The number of fused-ring (bicyclic) bond motifs is 1. The molecule has 21 nitrogen and oxygen atoms in total. The van der Waals surface area contributed by atoms with Gasteiger partial charge in [0.15, 0.2) is 5.96 Å². The second kappa shape index (κ2) is 18.4. The number of nitrogens with one attached hydrogen (secondary N) is 2. The Morgan fingerprint density at radius 3 is 2.18 bits per heavy atom. The van der Waals surface area contributed by atoms with Crippen LogP contribution >= 0.6 is 11.8 Å². The predicted octanol–water partition coefficient (Wildman–Crippen LogP) is 1.38. The van der Waals surface area contributed by atoms with Crippen LogP contribution in [-0.4, -0.2) is 128 Å². The molecule has 0 bridgehead atoms. The van der Waals surface area contributed by atoms with Gasteiger partial charge < -0.3 is 35.4 Å². The third-order valence-corrected chi connectivity index (χ3v) is 12.4. The summed E-state index contributed by atoms with van der Waals surface area (Å²) in [6, 6.07) is 9.76.